The van der Waals surface area contributed by atoms with E-state index in [9.17, 15) is 0 Å². The lowest BCUT2D eigenvalue weighted by Crippen LogP contribution is -2.41. The van der Waals surface area contributed by atoms with Crippen molar-refractivity contribution in [1.29, 1.82) is 5.41 Å². The zero-order chi connectivity index (χ0) is 7.11. The smallest absolute Gasteiger partial charge is 0.202 e. The molecule has 5 nitrogen and oxygen atoms in total. The van der Waals surface area contributed by atoms with Crippen LogP contribution >= 0.6 is 0 Å². The van der Waals surface area contributed by atoms with Crippen LogP contribution in [-0.2, 0) is 4.84 Å². The average Bonchev–Trinajstić information content (AvgIpc) is 1.80. The second-order valence-electron chi connectivity index (χ2n) is 1.49. The summed E-state index contributed by atoms with van der Waals surface area (Å²) in [4.78, 5) is 4.71. The van der Waals surface area contributed by atoms with E-state index in [-0.39, 0.29) is 5.96 Å². The lowest BCUT2D eigenvalue weighted by Gasteiger charge is -2.03. The van der Waals surface area contributed by atoms with Crippen LogP contribution in [0.4, 0.5) is 0 Å². The van der Waals surface area contributed by atoms with Gasteiger partial charge in [0.25, 0.3) is 0 Å². The molecule has 0 saturated carbocycles. The fourth-order valence-electron chi connectivity index (χ4n) is 0.244. The number of nitrogens with one attached hydrogen (secondary N) is 3. The first-order chi connectivity index (χ1) is 4.27. The van der Waals surface area contributed by atoms with E-state index in [1.807, 2.05) is 6.92 Å². The van der Waals surface area contributed by atoms with E-state index in [0.29, 0.717) is 6.61 Å². The summed E-state index contributed by atoms with van der Waals surface area (Å²) in [5, 5.41) is 6.65. The maximum atomic E-state index is 6.65. The highest BCUT2D eigenvalue weighted by atomic mass is 16.7. The van der Waals surface area contributed by atoms with Gasteiger partial charge < -0.3 is 5.73 Å². The number of hydrogen-bond donors (Lipinski definition) is 4. The third kappa shape index (κ3) is 7.19. The summed E-state index contributed by atoms with van der Waals surface area (Å²) in [6.07, 6.45) is 0.923. The molecule has 0 radical (unpaired) electrons. The highest BCUT2D eigenvalue weighted by molar-refractivity contribution is 5.73. The predicted octanol–water partition coefficient (Wildman–Crippen LogP) is -0.684. The number of hydrazine groups is 1. The van der Waals surface area contributed by atoms with Gasteiger partial charge in [-0.15, -0.1) is 5.59 Å². The summed E-state index contributed by atoms with van der Waals surface area (Å²) in [6, 6.07) is 0. The Morgan fingerprint density at radius 2 is 2.44 bits per heavy atom. The monoisotopic (exact) mass is 132 g/mol. The van der Waals surface area contributed by atoms with Crippen LogP contribution in [-0.4, -0.2) is 12.6 Å². The first-order valence-electron chi connectivity index (χ1n) is 2.74. The number of hydrogen-bond acceptors (Lipinski definition) is 3. The molecule has 0 bridgehead atoms. The first kappa shape index (κ1) is 8.19. The van der Waals surface area contributed by atoms with Gasteiger partial charge >= 0.3 is 0 Å². The van der Waals surface area contributed by atoms with Gasteiger partial charge in [-0.3, -0.25) is 15.7 Å². The Bertz CT molecular complexity index is 84.6. The fraction of sp³-hybridized carbons (Fsp3) is 0.750. The summed E-state index contributed by atoms with van der Waals surface area (Å²) in [6.45, 7) is 2.58. The van der Waals surface area contributed by atoms with E-state index in [4.69, 9.17) is 16.0 Å². The van der Waals surface area contributed by atoms with Crippen LogP contribution in [0.25, 0.3) is 0 Å². The van der Waals surface area contributed by atoms with Gasteiger partial charge in [0.1, 0.15) is 0 Å². The Morgan fingerprint density at radius 3 is 2.89 bits per heavy atom. The molecule has 0 amide bonds. The topological polar surface area (TPSA) is 83.2 Å². The van der Waals surface area contributed by atoms with Crippen molar-refractivity contribution in [1.82, 2.24) is 11.0 Å². The maximum Gasteiger partial charge on any atom is 0.202 e. The molecule has 0 aliphatic carbocycles. The first-order valence-corrected chi connectivity index (χ1v) is 2.74. The molecule has 0 aliphatic rings. The molecule has 0 unspecified atom stereocenters. The van der Waals surface area contributed by atoms with Crippen LogP contribution in [0.3, 0.4) is 0 Å². The van der Waals surface area contributed by atoms with Gasteiger partial charge in [0.05, 0.1) is 6.61 Å². The standard InChI is InChI=1S/C4H12N4O/c1-2-3-9-8-7-4(5)6/h8H,2-3H2,1H3,(H4,5,6,7). The predicted molar refractivity (Wildman–Crippen MR) is 34.4 cm³/mol. The highest BCUT2D eigenvalue weighted by Crippen LogP contribution is 1.71. The van der Waals surface area contributed by atoms with Crippen molar-refractivity contribution in [3.05, 3.63) is 0 Å². The minimum Gasteiger partial charge on any atom is -0.369 e. The van der Waals surface area contributed by atoms with Crippen molar-refractivity contribution in [2.24, 2.45) is 5.73 Å². The quantitative estimate of drug-likeness (QED) is 0.177. The molecule has 0 atom stereocenters. The molecule has 0 spiro atoms. The van der Waals surface area contributed by atoms with Gasteiger partial charge in [0.15, 0.2) is 0 Å². The van der Waals surface area contributed by atoms with Crippen molar-refractivity contribution >= 4 is 5.96 Å². The number of guanidine groups is 1. The average molecular weight is 132 g/mol. The van der Waals surface area contributed by atoms with E-state index in [2.05, 4.69) is 11.0 Å². The molecular formula is C4H12N4O. The van der Waals surface area contributed by atoms with Gasteiger partial charge in [-0.25, -0.2) is 0 Å². The van der Waals surface area contributed by atoms with Crippen LogP contribution in [0, 0.1) is 5.41 Å². The minimum atomic E-state index is -0.161. The molecule has 0 fully saturated rings. The van der Waals surface area contributed by atoms with Crippen LogP contribution in [0.15, 0.2) is 0 Å². The van der Waals surface area contributed by atoms with Crippen molar-refractivity contribution in [2.75, 3.05) is 6.61 Å². The SMILES string of the molecule is CCCONNC(=N)N. The van der Waals surface area contributed by atoms with Crippen LogP contribution < -0.4 is 16.7 Å². The Balaban J connectivity index is 2.83. The van der Waals surface area contributed by atoms with Crippen molar-refractivity contribution < 1.29 is 4.84 Å². The van der Waals surface area contributed by atoms with Crippen molar-refractivity contribution in [3.8, 4) is 0 Å². The molecule has 54 valence electrons. The van der Waals surface area contributed by atoms with Gasteiger partial charge in [-0.2, -0.15) is 0 Å². The van der Waals surface area contributed by atoms with Gasteiger partial charge in [-0.05, 0) is 6.42 Å². The van der Waals surface area contributed by atoms with E-state index in [0.717, 1.165) is 6.42 Å². The molecule has 0 heterocycles. The molecule has 5 N–H and O–H groups in total. The zero-order valence-corrected chi connectivity index (χ0v) is 5.40. The normalized spacial score (nSPS) is 9.00. The Morgan fingerprint density at radius 1 is 1.78 bits per heavy atom. The summed E-state index contributed by atoms with van der Waals surface area (Å²) >= 11 is 0. The van der Waals surface area contributed by atoms with Crippen molar-refractivity contribution in [2.45, 2.75) is 13.3 Å². The largest absolute Gasteiger partial charge is 0.369 e. The lowest BCUT2D eigenvalue weighted by atomic mass is 10.5. The Kier molecular flexibility index (Phi) is 4.85. The van der Waals surface area contributed by atoms with Gasteiger partial charge in [-0.1, -0.05) is 6.92 Å². The number of rotatable bonds is 4. The second kappa shape index (κ2) is 5.33. The maximum absolute atomic E-state index is 6.65. The molecule has 0 aromatic heterocycles. The van der Waals surface area contributed by atoms with Gasteiger partial charge in [0, 0.05) is 0 Å². The molecule has 0 aromatic carbocycles. The molecule has 0 rings (SSSR count). The molecule has 5 heteroatoms. The second-order valence-corrected chi connectivity index (χ2v) is 1.49. The fourth-order valence-corrected chi connectivity index (χ4v) is 0.244. The van der Waals surface area contributed by atoms with Crippen LogP contribution in [0.5, 0.6) is 0 Å². The molecule has 9 heavy (non-hydrogen) atoms. The summed E-state index contributed by atoms with van der Waals surface area (Å²) in [7, 11) is 0. The third-order valence-corrected chi connectivity index (χ3v) is 0.564. The molecule has 0 saturated heterocycles. The number of nitrogens with two attached hydrogens (primary N) is 1. The zero-order valence-electron chi connectivity index (χ0n) is 5.40. The molecular weight excluding hydrogens is 120 g/mol. The van der Waals surface area contributed by atoms with Gasteiger partial charge in [0.2, 0.25) is 5.96 Å². The summed E-state index contributed by atoms with van der Waals surface area (Å²) < 4.78 is 0. The van der Waals surface area contributed by atoms with E-state index in [1.54, 1.807) is 0 Å². The van der Waals surface area contributed by atoms with Crippen LogP contribution in [0.2, 0.25) is 0 Å². The minimum absolute atomic E-state index is 0.161. The van der Waals surface area contributed by atoms with E-state index >= 15 is 0 Å². The van der Waals surface area contributed by atoms with E-state index in [1.165, 1.54) is 0 Å². The summed E-state index contributed by atoms with van der Waals surface area (Å²) in [5.74, 6) is -0.161. The Hall–Kier alpha value is -0.810. The van der Waals surface area contributed by atoms with E-state index < -0.39 is 0 Å². The van der Waals surface area contributed by atoms with Crippen molar-refractivity contribution in [3.63, 3.8) is 0 Å². The molecule has 0 aromatic rings. The Labute approximate surface area is 54.0 Å². The highest BCUT2D eigenvalue weighted by Gasteiger charge is 1.82. The van der Waals surface area contributed by atoms with Crippen LogP contribution in [0.1, 0.15) is 13.3 Å². The summed E-state index contributed by atoms with van der Waals surface area (Å²) in [5.41, 5.74) is 9.46. The lowest BCUT2D eigenvalue weighted by molar-refractivity contribution is 0.0254. The molecule has 0 aliphatic heterocycles. The third-order valence-electron chi connectivity index (χ3n) is 0.564.